The summed E-state index contributed by atoms with van der Waals surface area (Å²) in [6, 6.07) is 0. The first-order valence-corrected chi connectivity index (χ1v) is 21.6. The van der Waals surface area contributed by atoms with Gasteiger partial charge in [0.15, 0.2) is 0 Å². The van der Waals surface area contributed by atoms with Gasteiger partial charge in [-0.25, -0.2) is 0 Å². The molecule has 0 saturated heterocycles. The van der Waals surface area contributed by atoms with Crippen LogP contribution in [0, 0.1) is 0 Å². The molecule has 0 aromatic rings. The molecule has 0 aromatic carbocycles. The van der Waals surface area contributed by atoms with Crippen molar-refractivity contribution >= 4 is 11.9 Å². The molecular weight excluding hydrogens is 636 g/mol. The van der Waals surface area contributed by atoms with E-state index < -0.39 is 18.2 Å². The van der Waals surface area contributed by atoms with E-state index in [0.29, 0.717) is 19.3 Å². The fraction of sp³-hybridized carbons (Fsp3) is 0.822. The van der Waals surface area contributed by atoms with E-state index in [1.165, 1.54) is 141 Å². The van der Waals surface area contributed by atoms with E-state index >= 15 is 0 Å². The molecule has 0 aromatic heterocycles. The summed E-state index contributed by atoms with van der Waals surface area (Å²) < 4.78 is 10.3. The zero-order valence-electron chi connectivity index (χ0n) is 33.5. The third kappa shape index (κ3) is 40.7. The highest BCUT2D eigenvalue weighted by Gasteiger charge is 2.12. The lowest BCUT2D eigenvalue weighted by atomic mass is 10.0. The van der Waals surface area contributed by atoms with E-state index in [1.54, 1.807) is 6.08 Å². The summed E-state index contributed by atoms with van der Waals surface area (Å²) in [4.78, 5) is 24.0. The second-order valence-corrected chi connectivity index (χ2v) is 14.7. The number of hydrogen-bond donors (Lipinski definition) is 2. The Morgan fingerprint density at radius 1 is 0.490 bits per heavy atom. The third-order valence-electron chi connectivity index (χ3n) is 9.48. The van der Waals surface area contributed by atoms with Crippen molar-refractivity contribution in [2.24, 2.45) is 0 Å². The SMILES string of the molecule is CCCCCCCC/C=C/C/C=C/C=C/C(O)CCCC(=O)OC[C@H](O)COC(=O)CCCCCCCCCCCCCCCCCCCCC. The van der Waals surface area contributed by atoms with E-state index in [1.807, 2.05) is 12.2 Å². The molecule has 0 aliphatic rings. The molecule has 0 fully saturated rings. The lowest BCUT2D eigenvalue weighted by molar-refractivity contribution is -0.152. The Morgan fingerprint density at radius 2 is 0.902 bits per heavy atom. The van der Waals surface area contributed by atoms with Crippen LogP contribution >= 0.6 is 0 Å². The van der Waals surface area contributed by atoms with Gasteiger partial charge in [0, 0.05) is 12.8 Å². The molecule has 0 aliphatic heterocycles. The number of ether oxygens (including phenoxy) is 2. The monoisotopic (exact) mass is 719 g/mol. The average Bonchev–Trinajstić information content (AvgIpc) is 3.12. The molecule has 0 amide bonds. The predicted molar refractivity (Wildman–Crippen MR) is 216 cm³/mol. The zero-order chi connectivity index (χ0) is 37.3. The highest BCUT2D eigenvalue weighted by Crippen LogP contribution is 2.15. The van der Waals surface area contributed by atoms with Crippen molar-refractivity contribution in [1.29, 1.82) is 0 Å². The molecule has 298 valence electrons. The highest BCUT2D eigenvalue weighted by molar-refractivity contribution is 5.69. The molecule has 1 unspecified atom stereocenters. The number of unbranched alkanes of at least 4 members (excludes halogenated alkanes) is 24. The maximum atomic E-state index is 12.0. The number of aliphatic hydroxyl groups is 2. The van der Waals surface area contributed by atoms with E-state index in [-0.39, 0.29) is 25.6 Å². The van der Waals surface area contributed by atoms with Crippen molar-refractivity contribution in [2.45, 2.75) is 225 Å². The molecule has 2 atom stereocenters. The third-order valence-corrected chi connectivity index (χ3v) is 9.48. The van der Waals surface area contributed by atoms with E-state index in [0.717, 1.165) is 32.1 Å². The fourth-order valence-corrected chi connectivity index (χ4v) is 6.15. The van der Waals surface area contributed by atoms with Gasteiger partial charge < -0.3 is 19.7 Å². The smallest absolute Gasteiger partial charge is 0.305 e. The predicted octanol–water partition coefficient (Wildman–Crippen LogP) is 12.6. The van der Waals surface area contributed by atoms with Gasteiger partial charge in [0.05, 0.1) is 6.10 Å². The van der Waals surface area contributed by atoms with Crippen LogP contribution in [0.2, 0.25) is 0 Å². The summed E-state index contributed by atoms with van der Waals surface area (Å²) in [6.45, 7) is 4.15. The summed E-state index contributed by atoms with van der Waals surface area (Å²) in [6.07, 6.45) is 46.7. The Hall–Kier alpha value is -1.92. The van der Waals surface area contributed by atoms with Gasteiger partial charge in [0.1, 0.15) is 19.3 Å². The lowest BCUT2D eigenvalue weighted by Crippen LogP contribution is -2.25. The van der Waals surface area contributed by atoms with Crippen LogP contribution in [-0.4, -0.2) is 47.6 Å². The van der Waals surface area contributed by atoms with E-state index in [9.17, 15) is 19.8 Å². The molecular formula is C45H82O6. The lowest BCUT2D eigenvalue weighted by Gasteiger charge is -2.12. The van der Waals surface area contributed by atoms with Gasteiger partial charge in [-0.1, -0.05) is 198 Å². The van der Waals surface area contributed by atoms with Gasteiger partial charge in [-0.2, -0.15) is 0 Å². The minimum Gasteiger partial charge on any atom is -0.463 e. The summed E-state index contributed by atoms with van der Waals surface area (Å²) in [5.41, 5.74) is 0. The molecule has 0 heterocycles. The molecule has 2 N–H and O–H groups in total. The molecule has 0 aliphatic carbocycles. The van der Waals surface area contributed by atoms with Crippen LogP contribution in [0.15, 0.2) is 36.5 Å². The number of carbonyl (C=O) groups excluding carboxylic acids is 2. The van der Waals surface area contributed by atoms with Crippen LogP contribution in [-0.2, 0) is 19.1 Å². The maximum absolute atomic E-state index is 12.0. The summed E-state index contributed by atoms with van der Waals surface area (Å²) in [5.74, 6) is -0.748. The maximum Gasteiger partial charge on any atom is 0.305 e. The largest absolute Gasteiger partial charge is 0.463 e. The first kappa shape index (κ1) is 49.1. The molecule has 0 bridgehead atoms. The average molecular weight is 719 g/mol. The second-order valence-electron chi connectivity index (χ2n) is 14.7. The molecule has 51 heavy (non-hydrogen) atoms. The van der Waals surface area contributed by atoms with Crippen LogP contribution in [0.1, 0.15) is 213 Å². The molecule has 0 radical (unpaired) electrons. The summed E-state index contributed by atoms with van der Waals surface area (Å²) >= 11 is 0. The number of carbonyl (C=O) groups is 2. The summed E-state index contributed by atoms with van der Waals surface area (Å²) in [5, 5.41) is 20.1. The van der Waals surface area contributed by atoms with Gasteiger partial charge in [-0.05, 0) is 38.5 Å². The molecule has 0 rings (SSSR count). The van der Waals surface area contributed by atoms with Gasteiger partial charge in [0.2, 0.25) is 0 Å². The first-order chi connectivity index (χ1) is 25.0. The number of rotatable bonds is 39. The van der Waals surface area contributed by atoms with Crippen molar-refractivity contribution < 1.29 is 29.3 Å². The summed E-state index contributed by atoms with van der Waals surface area (Å²) in [7, 11) is 0. The van der Waals surface area contributed by atoms with Gasteiger partial charge in [-0.15, -0.1) is 0 Å². The number of hydrogen-bond acceptors (Lipinski definition) is 6. The Kier molecular flexibility index (Phi) is 39.3. The van der Waals surface area contributed by atoms with E-state index in [4.69, 9.17) is 9.47 Å². The van der Waals surface area contributed by atoms with Gasteiger partial charge in [-0.3, -0.25) is 9.59 Å². The fourth-order valence-electron chi connectivity index (χ4n) is 6.15. The molecule has 0 saturated carbocycles. The Morgan fingerprint density at radius 3 is 1.37 bits per heavy atom. The number of allylic oxidation sites excluding steroid dienone is 5. The van der Waals surface area contributed by atoms with Gasteiger partial charge >= 0.3 is 11.9 Å². The zero-order valence-corrected chi connectivity index (χ0v) is 33.5. The van der Waals surface area contributed by atoms with Crippen molar-refractivity contribution in [3.8, 4) is 0 Å². The minimum atomic E-state index is -1.03. The minimum absolute atomic E-state index is 0.163. The van der Waals surface area contributed by atoms with E-state index in [2.05, 4.69) is 32.1 Å². The number of esters is 2. The van der Waals surface area contributed by atoms with Crippen molar-refractivity contribution in [1.82, 2.24) is 0 Å². The molecule has 0 spiro atoms. The van der Waals surface area contributed by atoms with Crippen LogP contribution < -0.4 is 0 Å². The van der Waals surface area contributed by atoms with Gasteiger partial charge in [0.25, 0.3) is 0 Å². The first-order valence-electron chi connectivity index (χ1n) is 21.6. The van der Waals surface area contributed by atoms with Crippen LogP contribution in [0.5, 0.6) is 0 Å². The quantitative estimate of drug-likeness (QED) is 0.0284. The highest BCUT2D eigenvalue weighted by atomic mass is 16.6. The number of aliphatic hydroxyl groups excluding tert-OH is 2. The van der Waals surface area contributed by atoms with Crippen LogP contribution in [0.4, 0.5) is 0 Å². The second kappa shape index (κ2) is 40.8. The Balaban J connectivity index is 3.55. The Labute approximate surface area is 315 Å². The Bertz CT molecular complexity index is 835. The molecule has 6 heteroatoms. The topological polar surface area (TPSA) is 93.1 Å². The van der Waals surface area contributed by atoms with Crippen molar-refractivity contribution in [3.63, 3.8) is 0 Å². The van der Waals surface area contributed by atoms with Crippen LogP contribution in [0.25, 0.3) is 0 Å². The standard InChI is InChI=1S/C45H82O6/c1-3-5-7-9-11-13-15-17-18-19-20-21-22-24-26-28-30-32-34-38-44(48)50-40-43(47)41-51-45(49)39-35-37-42(46)36-33-31-29-27-25-23-16-14-12-10-8-6-4-2/h23,25,29,31,33,36,42-43,46-47H,3-22,24,26-28,30,32,34-35,37-41H2,1-2H3/b25-23+,31-29+,36-33+/t42?,43-/m1/s1. The van der Waals surface area contributed by atoms with Crippen molar-refractivity contribution in [3.05, 3.63) is 36.5 Å². The molecule has 6 nitrogen and oxygen atoms in total. The normalized spacial score (nSPS) is 13.1. The van der Waals surface area contributed by atoms with Crippen molar-refractivity contribution in [2.75, 3.05) is 13.2 Å². The van der Waals surface area contributed by atoms with Crippen LogP contribution in [0.3, 0.4) is 0 Å².